The second-order valence-electron chi connectivity index (χ2n) is 6.28. The molecule has 1 saturated heterocycles. The normalized spacial score (nSPS) is 15.3. The smallest absolute Gasteiger partial charge is 0.407 e. The van der Waals surface area contributed by atoms with Gasteiger partial charge in [0.2, 0.25) is 5.95 Å². The van der Waals surface area contributed by atoms with Crippen molar-refractivity contribution >= 4 is 45.2 Å². The van der Waals surface area contributed by atoms with Gasteiger partial charge in [-0.2, -0.15) is 10.1 Å². The number of H-pyrrole nitrogens is 1. The Bertz CT molecular complexity index is 930. The maximum Gasteiger partial charge on any atom is 0.407 e. The molecular weight excluding hydrogens is 354 g/mol. The van der Waals surface area contributed by atoms with Crippen molar-refractivity contribution in [1.29, 1.82) is 0 Å². The first-order chi connectivity index (χ1) is 12.6. The van der Waals surface area contributed by atoms with Crippen molar-refractivity contribution in [2.75, 3.05) is 23.7 Å². The first kappa shape index (κ1) is 16.6. The average molecular weight is 373 g/mol. The number of aryl methyl sites for hydroxylation is 1. The van der Waals surface area contributed by atoms with Gasteiger partial charge in [-0.05, 0) is 31.2 Å². The highest BCUT2D eigenvalue weighted by Gasteiger charge is 2.23. The van der Waals surface area contributed by atoms with Crippen LogP contribution in [0.2, 0.25) is 0 Å². The molecule has 3 aromatic rings. The predicted octanol–water partition coefficient (Wildman–Crippen LogP) is 3.02. The van der Waals surface area contributed by atoms with Gasteiger partial charge < -0.3 is 20.6 Å². The van der Waals surface area contributed by atoms with Crippen molar-refractivity contribution in [2.24, 2.45) is 0 Å². The van der Waals surface area contributed by atoms with E-state index in [2.05, 4.69) is 30.8 Å². The van der Waals surface area contributed by atoms with Crippen LogP contribution >= 0.6 is 11.3 Å². The zero-order valence-electron chi connectivity index (χ0n) is 14.2. The largest absolute Gasteiger partial charge is 0.465 e. The molecule has 10 heteroatoms. The number of nitrogens with one attached hydrogen (secondary N) is 3. The SMILES string of the molecule is Cc1cc(Nc2nc(NC3CCN(C(=O)O)CC3)nc3sccc23)n[nH]1. The van der Waals surface area contributed by atoms with Crippen LogP contribution in [0.4, 0.5) is 22.4 Å². The third-order valence-corrected chi connectivity index (χ3v) is 5.18. The quantitative estimate of drug-likeness (QED) is 0.555. The second-order valence-corrected chi connectivity index (χ2v) is 7.18. The minimum absolute atomic E-state index is 0.156. The van der Waals surface area contributed by atoms with E-state index in [-0.39, 0.29) is 6.04 Å². The molecule has 9 nitrogen and oxygen atoms in total. The molecule has 3 aromatic heterocycles. The van der Waals surface area contributed by atoms with Gasteiger partial charge in [0, 0.05) is 30.9 Å². The van der Waals surface area contributed by atoms with Crippen molar-refractivity contribution in [3.8, 4) is 0 Å². The fraction of sp³-hybridized carbons (Fsp3) is 0.375. The van der Waals surface area contributed by atoms with Crippen LogP contribution < -0.4 is 10.6 Å². The average Bonchev–Trinajstić information content (AvgIpc) is 3.24. The number of amides is 1. The molecular formula is C16H19N7O2S. The highest BCUT2D eigenvalue weighted by Crippen LogP contribution is 2.29. The first-order valence-electron chi connectivity index (χ1n) is 8.37. The predicted molar refractivity (Wildman–Crippen MR) is 100 cm³/mol. The zero-order chi connectivity index (χ0) is 18.1. The Labute approximate surface area is 153 Å². The standard InChI is InChI=1S/C16H19N7O2S/c1-9-8-12(22-21-9)18-13-11-4-7-26-14(11)20-15(19-13)17-10-2-5-23(6-3-10)16(24)25/h4,7-8,10H,2-3,5-6H2,1H3,(H,24,25)(H3,17,18,19,20,21,22). The number of fused-ring (bicyclic) bond motifs is 1. The topological polar surface area (TPSA) is 119 Å². The molecule has 0 atom stereocenters. The van der Waals surface area contributed by atoms with Crippen molar-refractivity contribution in [1.82, 2.24) is 25.1 Å². The molecule has 0 saturated carbocycles. The van der Waals surface area contributed by atoms with Crippen molar-refractivity contribution in [2.45, 2.75) is 25.8 Å². The minimum Gasteiger partial charge on any atom is -0.465 e. The third-order valence-electron chi connectivity index (χ3n) is 4.38. The molecule has 4 N–H and O–H groups in total. The number of aromatic amines is 1. The van der Waals surface area contributed by atoms with Crippen LogP contribution in [-0.4, -0.2) is 55.4 Å². The lowest BCUT2D eigenvalue weighted by molar-refractivity contribution is 0.133. The summed E-state index contributed by atoms with van der Waals surface area (Å²) in [4.78, 5) is 22.6. The summed E-state index contributed by atoms with van der Waals surface area (Å²) in [7, 11) is 0. The molecule has 1 fully saturated rings. The first-order valence-corrected chi connectivity index (χ1v) is 9.25. The lowest BCUT2D eigenvalue weighted by Gasteiger charge is -2.30. The summed E-state index contributed by atoms with van der Waals surface area (Å²) in [6.07, 6.45) is 0.610. The molecule has 0 bridgehead atoms. The van der Waals surface area contributed by atoms with Gasteiger partial charge in [-0.3, -0.25) is 5.10 Å². The number of carboxylic acid groups (broad SMARTS) is 1. The molecule has 4 heterocycles. The Balaban J connectivity index is 1.53. The molecule has 136 valence electrons. The summed E-state index contributed by atoms with van der Waals surface area (Å²) in [6, 6.07) is 4.05. The second kappa shape index (κ2) is 6.79. The van der Waals surface area contributed by atoms with E-state index < -0.39 is 6.09 Å². The molecule has 26 heavy (non-hydrogen) atoms. The summed E-state index contributed by atoms with van der Waals surface area (Å²) < 4.78 is 0. The van der Waals surface area contributed by atoms with Gasteiger partial charge in [-0.1, -0.05) is 0 Å². The van der Waals surface area contributed by atoms with Crippen molar-refractivity contribution < 1.29 is 9.90 Å². The maximum atomic E-state index is 11.0. The Kier molecular flexibility index (Phi) is 4.33. The van der Waals surface area contributed by atoms with Gasteiger partial charge in [-0.25, -0.2) is 9.78 Å². The number of likely N-dealkylation sites (tertiary alicyclic amines) is 1. The monoisotopic (exact) mass is 373 g/mol. The molecule has 1 amide bonds. The summed E-state index contributed by atoms with van der Waals surface area (Å²) in [6.45, 7) is 2.98. The molecule has 0 radical (unpaired) electrons. The maximum absolute atomic E-state index is 11.0. The Morgan fingerprint density at radius 3 is 2.88 bits per heavy atom. The van der Waals surface area contributed by atoms with Crippen LogP contribution in [-0.2, 0) is 0 Å². The number of piperidine rings is 1. The fourth-order valence-corrected chi connectivity index (χ4v) is 3.78. The van der Waals surface area contributed by atoms with E-state index in [1.54, 1.807) is 11.3 Å². The van der Waals surface area contributed by atoms with Crippen LogP contribution in [0.25, 0.3) is 10.2 Å². The Hall–Kier alpha value is -2.88. The van der Waals surface area contributed by atoms with Crippen LogP contribution in [0.1, 0.15) is 18.5 Å². The Morgan fingerprint density at radius 1 is 1.38 bits per heavy atom. The molecule has 0 aromatic carbocycles. The highest BCUT2D eigenvalue weighted by molar-refractivity contribution is 7.16. The van der Waals surface area contributed by atoms with Gasteiger partial charge in [0.1, 0.15) is 10.6 Å². The van der Waals surface area contributed by atoms with Gasteiger partial charge in [0.15, 0.2) is 5.82 Å². The molecule has 0 spiro atoms. The van der Waals surface area contributed by atoms with Crippen LogP contribution in [0, 0.1) is 6.92 Å². The lowest BCUT2D eigenvalue weighted by atomic mass is 10.1. The van der Waals surface area contributed by atoms with Crippen LogP contribution in [0.15, 0.2) is 17.5 Å². The van der Waals surface area contributed by atoms with E-state index in [1.807, 2.05) is 24.4 Å². The summed E-state index contributed by atoms with van der Waals surface area (Å²) in [5.41, 5.74) is 0.964. The van der Waals surface area contributed by atoms with E-state index in [4.69, 9.17) is 5.11 Å². The highest BCUT2D eigenvalue weighted by atomic mass is 32.1. The molecule has 1 aliphatic rings. The summed E-state index contributed by atoms with van der Waals surface area (Å²) in [5.74, 6) is 1.95. The van der Waals surface area contributed by atoms with E-state index in [1.165, 1.54) is 4.90 Å². The van der Waals surface area contributed by atoms with Crippen LogP contribution in [0.5, 0.6) is 0 Å². The van der Waals surface area contributed by atoms with E-state index in [0.29, 0.717) is 30.7 Å². The lowest BCUT2D eigenvalue weighted by Crippen LogP contribution is -2.41. The molecule has 0 unspecified atom stereocenters. The number of hydrogen-bond donors (Lipinski definition) is 4. The van der Waals surface area contributed by atoms with Gasteiger partial charge in [-0.15, -0.1) is 11.3 Å². The summed E-state index contributed by atoms with van der Waals surface area (Å²) in [5, 5.41) is 25.7. The molecule has 0 aliphatic carbocycles. The summed E-state index contributed by atoms with van der Waals surface area (Å²) >= 11 is 1.55. The van der Waals surface area contributed by atoms with Crippen LogP contribution in [0.3, 0.4) is 0 Å². The van der Waals surface area contributed by atoms with E-state index in [9.17, 15) is 4.79 Å². The Morgan fingerprint density at radius 2 is 2.19 bits per heavy atom. The number of carbonyl (C=O) groups is 1. The van der Waals surface area contributed by atoms with Crippen molar-refractivity contribution in [3.05, 3.63) is 23.2 Å². The third kappa shape index (κ3) is 3.40. The number of aromatic nitrogens is 4. The number of rotatable bonds is 4. The number of anilines is 3. The van der Waals surface area contributed by atoms with E-state index in [0.717, 1.165) is 28.8 Å². The number of hydrogen-bond acceptors (Lipinski definition) is 7. The molecule has 4 rings (SSSR count). The number of nitrogens with zero attached hydrogens (tertiary/aromatic N) is 4. The number of thiophene rings is 1. The minimum atomic E-state index is -0.861. The van der Waals surface area contributed by atoms with Crippen molar-refractivity contribution in [3.63, 3.8) is 0 Å². The fourth-order valence-electron chi connectivity index (χ4n) is 3.02. The van der Waals surface area contributed by atoms with Gasteiger partial charge >= 0.3 is 6.09 Å². The van der Waals surface area contributed by atoms with Gasteiger partial charge in [0.25, 0.3) is 0 Å². The zero-order valence-corrected chi connectivity index (χ0v) is 15.0. The van der Waals surface area contributed by atoms with Gasteiger partial charge in [0.05, 0.1) is 5.39 Å². The van der Waals surface area contributed by atoms with E-state index >= 15 is 0 Å². The molecule has 1 aliphatic heterocycles.